The molecular weight excluding hydrogens is 444 g/mol. The van der Waals surface area contributed by atoms with E-state index in [1.165, 1.54) is 18.2 Å². The highest BCUT2D eigenvalue weighted by atomic mass is 32.2. The highest BCUT2D eigenvalue weighted by Crippen LogP contribution is 2.34. The molecule has 0 radical (unpaired) electrons. The number of thioether (sulfide) groups is 1. The van der Waals surface area contributed by atoms with Gasteiger partial charge in [-0.05, 0) is 67.8 Å². The van der Waals surface area contributed by atoms with Gasteiger partial charge < -0.3 is 9.64 Å². The zero-order valence-electron chi connectivity index (χ0n) is 19.3. The summed E-state index contributed by atoms with van der Waals surface area (Å²) in [4.78, 5) is 20.0. The molecule has 174 valence electrons. The number of benzene rings is 2. The van der Waals surface area contributed by atoms with Crippen LogP contribution in [0.2, 0.25) is 0 Å². The Kier molecular flexibility index (Phi) is 6.81. The molecule has 2 aliphatic rings. The second-order valence-electron chi connectivity index (χ2n) is 8.45. The number of aliphatic imine (C=N–C) groups is 1. The topological polar surface area (TPSA) is 59.7 Å². The van der Waals surface area contributed by atoms with Crippen LogP contribution in [-0.2, 0) is 4.79 Å². The second kappa shape index (κ2) is 10.3. The van der Waals surface area contributed by atoms with E-state index in [-0.39, 0.29) is 5.91 Å². The molecule has 2 aliphatic heterocycles. The number of ether oxygens (including phenoxy) is 1. The molecule has 5 rings (SSSR count). The van der Waals surface area contributed by atoms with Crippen LogP contribution in [0.4, 0.5) is 0 Å². The number of carbonyl (C=O) groups excluding carboxylic acids is 1. The Morgan fingerprint density at radius 2 is 1.88 bits per heavy atom. The Bertz CT molecular complexity index is 1230. The average Bonchev–Trinajstić information content (AvgIpc) is 3.48. The van der Waals surface area contributed by atoms with Gasteiger partial charge in [-0.3, -0.25) is 4.79 Å². The molecule has 2 aromatic carbocycles. The van der Waals surface area contributed by atoms with Gasteiger partial charge in [-0.25, -0.2) is 4.68 Å². The summed E-state index contributed by atoms with van der Waals surface area (Å²) in [6.07, 6.45) is 8.39. The zero-order valence-corrected chi connectivity index (χ0v) is 20.1. The molecule has 0 spiro atoms. The molecule has 1 fully saturated rings. The second-order valence-corrected chi connectivity index (χ2v) is 9.46. The van der Waals surface area contributed by atoms with E-state index in [0.717, 1.165) is 65.8 Å². The Morgan fingerprint density at radius 1 is 1.06 bits per heavy atom. The zero-order chi connectivity index (χ0) is 23.3. The lowest BCUT2D eigenvalue weighted by atomic mass is 10.1. The van der Waals surface area contributed by atoms with Crippen molar-refractivity contribution in [3.63, 3.8) is 0 Å². The molecule has 1 amide bonds. The predicted octanol–water partition coefficient (Wildman–Crippen LogP) is 5.78. The molecule has 3 heterocycles. The summed E-state index contributed by atoms with van der Waals surface area (Å²) in [5.41, 5.74) is 3.59. The van der Waals surface area contributed by atoms with Crippen LogP contribution < -0.4 is 4.74 Å². The van der Waals surface area contributed by atoms with Gasteiger partial charge in [0.25, 0.3) is 5.91 Å². The molecule has 0 bridgehead atoms. The van der Waals surface area contributed by atoms with Crippen molar-refractivity contribution in [2.24, 2.45) is 4.99 Å². The lowest BCUT2D eigenvalue weighted by Crippen LogP contribution is -2.33. The van der Waals surface area contributed by atoms with Crippen molar-refractivity contribution in [1.29, 1.82) is 0 Å². The minimum Gasteiger partial charge on any atom is -0.494 e. The molecule has 1 aromatic heterocycles. The fourth-order valence-corrected chi connectivity index (χ4v) is 5.10. The number of likely N-dealkylation sites (tertiary alicyclic amines) is 1. The normalized spacial score (nSPS) is 17.3. The van der Waals surface area contributed by atoms with Gasteiger partial charge in [0.05, 0.1) is 17.2 Å². The van der Waals surface area contributed by atoms with Gasteiger partial charge in [0, 0.05) is 30.4 Å². The average molecular weight is 473 g/mol. The molecule has 0 N–H and O–H groups in total. The van der Waals surface area contributed by atoms with Crippen molar-refractivity contribution < 1.29 is 9.53 Å². The summed E-state index contributed by atoms with van der Waals surface area (Å²) in [5, 5.41) is 5.72. The third-order valence-electron chi connectivity index (χ3n) is 5.87. The van der Waals surface area contributed by atoms with E-state index in [1.807, 2.05) is 71.6 Å². The third-order valence-corrected chi connectivity index (χ3v) is 6.91. The molecule has 6 nitrogen and oxygen atoms in total. The number of amides is 1. The van der Waals surface area contributed by atoms with E-state index in [2.05, 4.69) is 16.8 Å². The van der Waals surface area contributed by atoms with Crippen LogP contribution in [0.15, 0.2) is 70.7 Å². The molecule has 3 aromatic rings. The van der Waals surface area contributed by atoms with Crippen molar-refractivity contribution in [2.75, 3.05) is 19.7 Å². The van der Waals surface area contributed by atoms with Gasteiger partial charge in [-0.1, -0.05) is 37.3 Å². The minimum atomic E-state index is -0.177. The van der Waals surface area contributed by atoms with Gasteiger partial charge in [0.1, 0.15) is 11.4 Å². The van der Waals surface area contributed by atoms with Crippen molar-refractivity contribution in [1.82, 2.24) is 14.7 Å². The van der Waals surface area contributed by atoms with Crippen LogP contribution in [0.5, 0.6) is 5.75 Å². The van der Waals surface area contributed by atoms with Crippen LogP contribution in [0.1, 0.15) is 38.2 Å². The summed E-state index contributed by atoms with van der Waals surface area (Å²) in [6.45, 7) is 4.69. The largest absolute Gasteiger partial charge is 0.494 e. The molecule has 0 aliphatic carbocycles. The van der Waals surface area contributed by atoms with E-state index < -0.39 is 0 Å². The maximum atomic E-state index is 12.8. The predicted molar refractivity (Wildman–Crippen MR) is 138 cm³/mol. The van der Waals surface area contributed by atoms with Gasteiger partial charge in [-0.2, -0.15) is 10.1 Å². The van der Waals surface area contributed by atoms with Gasteiger partial charge in [0.15, 0.2) is 5.17 Å². The van der Waals surface area contributed by atoms with E-state index >= 15 is 0 Å². The monoisotopic (exact) mass is 472 g/mol. The Labute approximate surface area is 204 Å². The Hall–Kier alpha value is -3.32. The molecule has 0 atom stereocenters. The fourth-order valence-electron chi connectivity index (χ4n) is 4.14. The Morgan fingerprint density at radius 3 is 2.68 bits per heavy atom. The molecule has 0 saturated carbocycles. The van der Waals surface area contributed by atoms with E-state index in [4.69, 9.17) is 9.84 Å². The number of nitrogens with zero attached hydrogens (tertiary/aromatic N) is 4. The Balaban J connectivity index is 1.50. The first-order valence-corrected chi connectivity index (χ1v) is 12.7. The number of aromatic nitrogens is 2. The lowest BCUT2D eigenvalue weighted by Gasteiger charge is -2.27. The van der Waals surface area contributed by atoms with Crippen LogP contribution in [0.3, 0.4) is 0 Å². The third kappa shape index (κ3) is 4.94. The van der Waals surface area contributed by atoms with Gasteiger partial charge in [0.2, 0.25) is 0 Å². The fraction of sp³-hybridized carbons (Fsp3) is 0.296. The van der Waals surface area contributed by atoms with Gasteiger partial charge >= 0.3 is 0 Å². The smallest absolute Gasteiger partial charge is 0.286 e. The molecule has 7 heteroatoms. The standard InChI is InChI=1S/C27H28N4O2S/c1-2-16-33-23-13-9-10-20(17-23)25-21(19-31(29-25)22-11-5-3-6-12-22)18-24-26(32)28-27(34-24)30-14-7-4-8-15-30/h3,5-6,9-13,17-19H,2,4,7-8,14-16H2,1H3/b24-18-. The summed E-state index contributed by atoms with van der Waals surface area (Å²) < 4.78 is 7.71. The number of hydrogen-bond acceptors (Lipinski definition) is 5. The van der Waals surface area contributed by atoms with E-state index in [1.54, 1.807) is 0 Å². The summed E-state index contributed by atoms with van der Waals surface area (Å²) in [6, 6.07) is 18.0. The SMILES string of the molecule is CCCOc1cccc(-c2nn(-c3ccccc3)cc2/C=C2\SC(N3CCCCC3)=NC2=O)c1. The number of para-hydroxylation sites is 1. The van der Waals surface area contributed by atoms with Crippen molar-refractivity contribution in [2.45, 2.75) is 32.6 Å². The molecule has 34 heavy (non-hydrogen) atoms. The maximum absolute atomic E-state index is 12.8. The highest BCUT2D eigenvalue weighted by Gasteiger charge is 2.27. The first-order chi connectivity index (χ1) is 16.7. The lowest BCUT2D eigenvalue weighted by molar-refractivity contribution is -0.113. The highest BCUT2D eigenvalue weighted by molar-refractivity contribution is 8.18. The summed E-state index contributed by atoms with van der Waals surface area (Å²) >= 11 is 1.47. The van der Waals surface area contributed by atoms with E-state index in [9.17, 15) is 4.79 Å². The number of rotatable bonds is 6. The first-order valence-electron chi connectivity index (χ1n) is 11.9. The first kappa shape index (κ1) is 22.5. The van der Waals surface area contributed by atoms with Crippen molar-refractivity contribution in [3.8, 4) is 22.7 Å². The molecule has 1 saturated heterocycles. The summed E-state index contributed by atoms with van der Waals surface area (Å²) in [5.74, 6) is 0.637. The quantitative estimate of drug-likeness (QED) is 0.425. The van der Waals surface area contributed by atoms with Gasteiger partial charge in [-0.15, -0.1) is 0 Å². The molecule has 0 unspecified atom stereocenters. The molecular formula is C27H28N4O2S. The summed E-state index contributed by atoms with van der Waals surface area (Å²) in [7, 11) is 0. The van der Waals surface area contributed by atoms with Crippen LogP contribution in [0.25, 0.3) is 23.0 Å². The van der Waals surface area contributed by atoms with Crippen LogP contribution >= 0.6 is 11.8 Å². The number of hydrogen-bond donors (Lipinski definition) is 0. The minimum absolute atomic E-state index is 0.177. The van der Waals surface area contributed by atoms with Crippen LogP contribution in [-0.4, -0.2) is 45.5 Å². The van der Waals surface area contributed by atoms with Crippen molar-refractivity contribution >= 4 is 28.9 Å². The van der Waals surface area contributed by atoms with E-state index in [0.29, 0.717) is 11.5 Å². The number of piperidine rings is 1. The van der Waals surface area contributed by atoms with Crippen LogP contribution in [0, 0.1) is 0 Å². The number of amidine groups is 1. The van der Waals surface area contributed by atoms with Crippen molar-refractivity contribution in [3.05, 3.63) is 71.3 Å². The number of carbonyl (C=O) groups is 1. The maximum Gasteiger partial charge on any atom is 0.286 e.